The van der Waals surface area contributed by atoms with Gasteiger partial charge in [-0.1, -0.05) is 39.8 Å². The van der Waals surface area contributed by atoms with E-state index in [1.54, 1.807) is 16.4 Å². The maximum Gasteiger partial charge on any atom is 0.243 e. The lowest BCUT2D eigenvalue weighted by molar-refractivity contribution is 0.161. The van der Waals surface area contributed by atoms with Gasteiger partial charge in [0, 0.05) is 25.7 Å². The fourth-order valence-electron chi connectivity index (χ4n) is 4.67. The minimum atomic E-state index is -3.36. The molecule has 1 atom stereocenters. The number of hydrogen-bond acceptors (Lipinski definition) is 3. The van der Waals surface area contributed by atoms with Crippen LogP contribution in [0.2, 0.25) is 0 Å². The van der Waals surface area contributed by atoms with Crippen LogP contribution < -0.4 is 0 Å². The number of likely N-dealkylation sites (tertiary alicyclic amines) is 1. The molecule has 1 aromatic carbocycles. The number of benzene rings is 1. The van der Waals surface area contributed by atoms with Crippen LogP contribution in [0.1, 0.15) is 64.9 Å². The molecule has 0 radical (unpaired) electrons. The molecule has 1 aromatic rings. The summed E-state index contributed by atoms with van der Waals surface area (Å²) in [5, 5.41) is 0. The van der Waals surface area contributed by atoms with E-state index in [1.165, 1.54) is 31.5 Å². The minimum absolute atomic E-state index is 0.414. The highest BCUT2D eigenvalue weighted by Crippen LogP contribution is 2.30. The average molecular weight is 393 g/mol. The van der Waals surface area contributed by atoms with Crippen LogP contribution in [0.4, 0.5) is 0 Å². The summed E-state index contributed by atoms with van der Waals surface area (Å²) in [7, 11) is -3.36. The first-order chi connectivity index (χ1) is 12.8. The number of rotatable bonds is 6. The van der Waals surface area contributed by atoms with E-state index in [1.807, 2.05) is 12.1 Å². The first kappa shape index (κ1) is 20.8. The van der Waals surface area contributed by atoms with E-state index in [0.29, 0.717) is 29.9 Å². The van der Waals surface area contributed by atoms with Gasteiger partial charge in [-0.05, 0) is 67.7 Å². The third-order valence-corrected chi connectivity index (χ3v) is 8.16. The predicted octanol–water partition coefficient (Wildman–Crippen LogP) is 4.33. The van der Waals surface area contributed by atoms with Gasteiger partial charge in [-0.15, -0.1) is 0 Å². The second-order valence-corrected chi connectivity index (χ2v) is 11.1. The Kier molecular flexibility index (Phi) is 6.65. The molecule has 1 unspecified atom stereocenters. The molecule has 4 nitrogen and oxygen atoms in total. The molecule has 0 amide bonds. The number of sulfonamides is 1. The molecule has 0 saturated carbocycles. The molecule has 3 rings (SSSR count). The van der Waals surface area contributed by atoms with Crippen molar-refractivity contribution in [2.45, 2.75) is 70.2 Å². The Bertz CT molecular complexity index is 704. The van der Waals surface area contributed by atoms with E-state index in [2.05, 4.69) is 32.6 Å². The maximum absolute atomic E-state index is 13.0. The van der Waals surface area contributed by atoms with E-state index in [4.69, 9.17) is 0 Å². The zero-order valence-electron chi connectivity index (χ0n) is 17.4. The smallest absolute Gasteiger partial charge is 0.243 e. The predicted molar refractivity (Wildman–Crippen MR) is 111 cm³/mol. The average Bonchev–Trinajstić information content (AvgIpc) is 3.09. The third-order valence-electron chi connectivity index (χ3n) is 6.25. The first-order valence-corrected chi connectivity index (χ1v) is 12.1. The van der Waals surface area contributed by atoms with Gasteiger partial charge in [0.25, 0.3) is 0 Å². The second kappa shape index (κ2) is 8.62. The van der Waals surface area contributed by atoms with Crippen LogP contribution in [-0.4, -0.2) is 49.8 Å². The van der Waals surface area contributed by atoms with Gasteiger partial charge in [-0.2, -0.15) is 4.31 Å². The second-order valence-electron chi connectivity index (χ2n) is 9.14. The SMILES string of the molecule is CC(C)CC1CCN(C2CCN(S(=O)(=O)c3ccc(C(C)C)cc3)CC2)C1. The monoisotopic (exact) mass is 392 g/mol. The number of hydrogen-bond donors (Lipinski definition) is 0. The van der Waals surface area contributed by atoms with Crippen molar-refractivity contribution in [2.75, 3.05) is 26.2 Å². The van der Waals surface area contributed by atoms with Crippen molar-refractivity contribution in [2.24, 2.45) is 11.8 Å². The number of piperidine rings is 1. The molecule has 152 valence electrons. The van der Waals surface area contributed by atoms with Crippen molar-refractivity contribution in [3.63, 3.8) is 0 Å². The van der Waals surface area contributed by atoms with Crippen LogP contribution in [0.15, 0.2) is 29.2 Å². The van der Waals surface area contributed by atoms with E-state index < -0.39 is 10.0 Å². The highest BCUT2D eigenvalue weighted by Gasteiger charge is 2.34. The summed E-state index contributed by atoms with van der Waals surface area (Å²) in [6, 6.07) is 7.99. The Hall–Kier alpha value is -0.910. The van der Waals surface area contributed by atoms with Gasteiger partial charge in [0.1, 0.15) is 0 Å². The zero-order chi connectivity index (χ0) is 19.6. The van der Waals surface area contributed by atoms with Crippen LogP contribution in [0.3, 0.4) is 0 Å². The highest BCUT2D eigenvalue weighted by atomic mass is 32.2. The van der Waals surface area contributed by atoms with Gasteiger partial charge >= 0.3 is 0 Å². The van der Waals surface area contributed by atoms with Gasteiger partial charge in [-0.25, -0.2) is 8.42 Å². The third kappa shape index (κ3) is 4.93. The normalized spacial score (nSPS) is 23.6. The molecule has 2 saturated heterocycles. The summed E-state index contributed by atoms with van der Waals surface area (Å²) in [6.07, 6.45) is 4.53. The summed E-state index contributed by atoms with van der Waals surface area (Å²) in [5.41, 5.74) is 1.18. The molecule has 0 spiro atoms. The van der Waals surface area contributed by atoms with Gasteiger partial charge < -0.3 is 4.90 Å². The van der Waals surface area contributed by atoms with Crippen molar-refractivity contribution in [3.8, 4) is 0 Å². The van der Waals surface area contributed by atoms with E-state index >= 15 is 0 Å². The lowest BCUT2D eigenvalue weighted by Crippen LogP contribution is -2.46. The van der Waals surface area contributed by atoms with Crippen LogP contribution in [0.5, 0.6) is 0 Å². The number of nitrogens with zero attached hydrogens (tertiary/aromatic N) is 2. The van der Waals surface area contributed by atoms with Gasteiger partial charge in [0.15, 0.2) is 0 Å². The molecule has 0 bridgehead atoms. The Labute approximate surface area is 166 Å². The van der Waals surface area contributed by atoms with Crippen molar-refractivity contribution < 1.29 is 8.42 Å². The zero-order valence-corrected chi connectivity index (χ0v) is 18.2. The molecular formula is C22H36N2O2S. The van der Waals surface area contributed by atoms with Gasteiger partial charge in [0.05, 0.1) is 4.90 Å². The van der Waals surface area contributed by atoms with E-state index in [0.717, 1.165) is 24.7 Å². The summed E-state index contributed by atoms with van der Waals surface area (Å²) < 4.78 is 27.7. The van der Waals surface area contributed by atoms with Gasteiger partial charge in [0.2, 0.25) is 10.0 Å². The fourth-order valence-corrected chi connectivity index (χ4v) is 6.14. The summed E-state index contributed by atoms with van der Waals surface area (Å²) in [4.78, 5) is 3.05. The summed E-state index contributed by atoms with van der Waals surface area (Å²) in [6.45, 7) is 12.5. The Morgan fingerprint density at radius 1 is 0.963 bits per heavy atom. The molecule has 2 aliphatic heterocycles. The van der Waals surface area contributed by atoms with Crippen LogP contribution in [-0.2, 0) is 10.0 Å². The molecule has 0 aliphatic carbocycles. The Morgan fingerprint density at radius 2 is 1.59 bits per heavy atom. The largest absolute Gasteiger partial charge is 0.300 e. The lowest BCUT2D eigenvalue weighted by Gasteiger charge is -2.36. The van der Waals surface area contributed by atoms with E-state index in [-0.39, 0.29) is 0 Å². The topological polar surface area (TPSA) is 40.6 Å². The lowest BCUT2D eigenvalue weighted by atomic mass is 9.96. The molecule has 2 fully saturated rings. The van der Waals surface area contributed by atoms with Crippen LogP contribution >= 0.6 is 0 Å². The molecular weight excluding hydrogens is 356 g/mol. The summed E-state index contributed by atoms with van der Waals surface area (Å²) in [5.74, 6) is 2.01. The molecule has 0 N–H and O–H groups in total. The van der Waals surface area contributed by atoms with Gasteiger partial charge in [-0.3, -0.25) is 0 Å². The molecule has 0 aromatic heterocycles. The molecule has 2 aliphatic rings. The van der Waals surface area contributed by atoms with Crippen molar-refractivity contribution in [1.82, 2.24) is 9.21 Å². The van der Waals surface area contributed by atoms with Crippen LogP contribution in [0.25, 0.3) is 0 Å². The van der Waals surface area contributed by atoms with Crippen molar-refractivity contribution in [3.05, 3.63) is 29.8 Å². The molecule has 27 heavy (non-hydrogen) atoms. The Balaban J connectivity index is 1.57. The first-order valence-electron chi connectivity index (χ1n) is 10.6. The standard InChI is InChI=1S/C22H36N2O2S/c1-17(2)15-19-9-12-23(16-19)21-10-13-24(14-11-21)27(25,26)22-7-5-20(6-8-22)18(3)4/h5-8,17-19,21H,9-16H2,1-4H3. The fraction of sp³-hybridized carbons (Fsp3) is 0.727. The van der Waals surface area contributed by atoms with Crippen molar-refractivity contribution in [1.29, 1.82) is 0 Å². The molecule has 5 heteroatoms. The highest BCUT2D eigenvalue weighted by molar-refractivity contribution is 7.89. The summed E-state index contributed by atoms with van der Waals surface area (Å²) >= 11 is 0. The maximum atomic E-state index is 13.0. The quantitative estimate of drug-likeness (QED) is 0.723. The molecule has 2 heterocycles. The Morgan fingerprint density at radius 3 is 2.15 bits per heavy atom. The van der Waals surface area contributed by atoms with E-state index in [9.17, 15) is 8.42 Å². The van der Waals surface area contributed by atoms with Crippen LogP contribution in [0, 0.1) is 11.8 Å². The van der Waals surface area contributed by atoms with Crippen molar-refractivity contribution >= 4 is 10.0 Å². The minimum Gasteiger partial charge on any atom is -0.300 e.